The Morgan fingerprint density at radius 3 is 2.76 bits per heavy atom. The maximum atomic E-state index is 5.81. The molecule has 0 saturated heterocycles. The van der Waals surface area contributed by atoms with Gasteiger partial charge in [0.15, 0.2) is 11.8 Å². The van der Waals surface area contributed by atoms with Gasteiger partial charge in [-0.2, -0.15) is 5.10 Å². The van der Waals surface area contributed by atoms with E-state index in [1.807, 2.05) is 47.1 Å². The molecule has 1 aliphatic heterocycles. The molecule has 0 amide bonds. The third-order valence-corrected chi connectivity index (χ3v) is 5.32. The second-order valence-corrected chi connectivity index (χ2v) is 7.89. The van der Waals surface area contributed by atoms with Crippen LogP contribution >= 0.6 is 24.0 Å². The zero-order valence-corrected chi connectivity index (χ0v) is 21.9. The quantitative estimate of drug-likeness (QED) is 0.229. The lowest BCUT2D eigenvalue weighted by atomic mass is 10.1. The molecular formula is C24H32IN7O2. The molecule has 34 heavy (non-hydrogen) atoms. The number of pyridine rings is 1. The van der Waals surface area contributed by atoms with E-state index in [0.29, 0.717) is 19.8 Å². The molecule has 2 aromatic heterocycles. The number of rotatable bonds is 9. The molecule has 0 bridgehead atoms. The molecular weight excluding hydrogens is 545 g/mol. The highest BCUT2D eigenvalue weighted by Gasteiger charge is 2.22. The SMILES string of the molecule is CCNC(=NCc1ccc(OCc2ccccn2)cc1)NC1CCc2nc(COC)nn2C1.I. The van der Waals surface area contributed by atoms with Gasteiger partial charge >= 0.3 is 0 Å². The van der Waals surface area contributed by atoms with Crippen LogP contribution in [0, 0.1) is 0 Å². The van der Waals surface area contributed by atoms with Gasteiger partial charge in [0, 0.05) is 32.3 Å². The van der Waals surface area contributed by atoms with Crippen molar-refractivity contribution in [1.29, 1.82) is 0 Å². The van der Waals surface area contributed by atoms with Gasteiger partial charge in [-0.3, -0.25) is 4.98 Å². The van der Waals surface area contributed by atoms with Crippen LogP contribution in [0.3, 0.4) is 0 Å². The van der Waals surface area contributed by atoms with Crippen LogP contribution in [0.2, 0.25) is 0 Å². The number of fused-ring (bicyclic) bond motifs is 1. The third-order valence-electron chi connectivity index (χ3n) is 5.32. The van der Waals surface area contributed by atoms with Gasteiger partial charge in [-0.25, -0.2) is 14.7 Å². The van der Waals surface area contributed by atoms with Gasteiger partial charge in [-0.05, 0) is 43.2 Å². The van der Waals surface area contributed by atoms with Crippen molar-refractivity contribution in [3.63, 3.8) is 0 Å². The van der Waals surface area contributed by atoms with E-state index in [4.69, 9.17) is 14.5 Å². The number of nitrogens with zero attached hydrogens (tertiary/aromatic N) is 5. The highest BCUT2D eigenvalue weighted by atomic mass is 127. The maximum absolute atomic E-state index is 5.81. The Kier molecular flexibility index (Phi) is 10.1. The predicted molar refractivity (Wildman–Crippen MR) is 141 cm³/mol. The first kappa shape index (κ1) is 25.9. The number of guanidine groups is 1. The van der Waals surface area contributed by atoms with E-state index in [1.54, 1.807) is 13.3 Å². The fourth-order valence-electron chi connectivity index (χ4n) is 3.68. The Balaban J connectivity index is 0.00000324. The van der Waals surface area contributed by atoms with Crippen LogP contribution in [0.1, 0.15) is 36.3 Å². The molecule has 9 nitrogen and oxygen atoms in total. The van der Waals surface area contributed by atoms with E-state index in [2.05, 4.69) is 32.6 Å². The topological polar surface area (TPSA) is 98.5 Å². The van der Waals surface area contributed by atoms with E-state index in [1.165, 1.54) is 0 Å². The van der Waals surface area contributed by atoms with E-state index in [0.717, 1.165) is 60.5 Å². The minimum Gasteiger partial charge on any atom is -0.487 e. The number of ether oxygens (including phenoxy) is 2. The highest BCUT2D eigenvalue weighted by molar-refractivity contribution is 14.0. The number of hydrogen-bond donors (Lipinski definition) is 2. The molecule has 1 aromatic carbocycles. The van der Waals surface area contributed by atoms with E-state index < -0.39 is 0 Å². The number of methoxy groups -OCH3 is 1. The summed E-state index contributed by atoms with van der Waals surface area (Å²) in [5.74, 6) is 3.38. The third kappa shape index (κ3) is 7.39. The number of nitrogens with one attached hydrogen (secondary N) is 2. The molecule has 2 N–H and O–H groups in total. The lowest BCUT2D eigenvalue weighted by Gasteiger charge is -2.25. The molecule has 182 valence electrons. The average Bonchev–Trinajstić information content (AvgIpc) is 3.25. The van der Waals surface area contributed by atoms with Crippen molar-refractivity contribution >= 4 is 29.9 Å². The van der Waals surface area contributed by atoms with Gasteiger partial charge in [0.1, 0.15) is 24.8 Å². The van der Waals surface area contributed by atoms with Crippen LogP contribution in [-0.2, 0) is 37.5 Å². The van der Waals surface area contributed by atoms with Crippen molar-refractivity contribution in [2.24, 2.45) is 4.99 Å². The number of aromatic nitrogens is 4. The second-order valence-electron chi connectivity index (χ2n) is 7.89. The molecule has 3 aromatic rings. The van der Waals surface area contributed by atoms with Crippen LogP contribution in [0.25, 0.3) is 0 Å². The number of hydrogen-bond acceptors (Lipinski definition) is 6. The maximum Gasteiger partial charge on any atom is 0.191 e. The smallest absolute Gasteiger partial charge is 0.191 e. The van der Waals surface area contributed by atoms with E-state index >= 15 is 0 Å². The molecule has 0 saturated carbocycles. The minimum absolute atomic E-state index is 0. The summed E-state index contributed by atoms with van der Waals surface area (Å²) in [6.45, 7) is 5.10. The Labute approximate surface area is 217 Å². The van der Waals surface area contributed by atoms with Crippen LogP contribution in [0.15, 0.2) is 53.7 Å². The summed E-state index contributed by atoms with van der Waals surface area (Å²) in [5, 5.41) is 11.4. The van der Waals surface area contributed by atoms with Crippen molar-refractivity contribution in [3.05, 3.63) is 71.6 Å². The molecule has 0 radical (unpaired) electrons. The fourth-order valence-corrected chi connectivity index (χ4v) is 3.68. The standard InChI is InChI=1S/C24H31N7O2.HI/c1-3-25-24(28-19-9-12-23-29-22(17-32-2)30-31(23)15-19)27-14-18-7-10-21(11-8-18)33-16-20-6-4-5-13-26-20;/h4-8,10-11,13,19H,3,9,12,14-17H2,1-2H3,(H2,25,27,28);1H. The summed E-state index contributed by atoms with van der Waals surface area (Å²) in [5.41, 5.74) is 2.02. The Bertz CT molecular complexity index is 1040. The van der Waals surface area contributed by atoms with E-state index in [-0.39, 0.29) is 30.0 Å². The van der Waals surface area contributed by atoms with Crippen molar-refractivity contribution in [3.8, 4) is 5.75 Å². The summed E-state index contributed by atoms with van der Waals surface area (Å²) in [7, 11) is 1.66. The zero-order valence-electron chi connectivity index (χ0n) is 19.6. The Morgan fingerprint density at radius 2 is 2.03 bits per heavy atom. The van der Waals surface area contributed by atoms with Crippen molar-refractivity contribution < 1.29 is 9.47 Å². The average molecular weight is 577 g/mol. The summed E-state index contributed by atoms with van der Waals surface area (Å²) in [6.07, 6.45) is 3.64. The van der Waals surface area contributed by atoms with Crippen molar-refractivity contribution in [2.75, 3.05) is 13.7 Å². The lowest BCUT2D eigenvalue weighted by Crippen LogP contribution is -2.47. The first-order valence-electron chi connectivity index (χ1n) is 11.3. The normalized spacial score (nSPS) is 15.2. The second kappa shape index (κ2) is 13.2. The zero-order chi connectivity index (χ0) is 22.9. The monoisotopic (exact) mass is 577 g/mol. The van der Waals surface area contributed by atoms with Gasteiger partial charge in [-0.15, -0.1) is 24.0 Å². The summed E-state index contributed by atoms with van der Waals surface area (Å²) >= 11 is 0. The largest absolute Gasteiger partial charge is 0.487 e. The number of benzene rings is 1. The summed E-state index contributed by atoms with van der Waals surface area (Å²) in [6, 6.07) is 14.1. The molecule has 1 aliphatic rings. The Morgan fingerprint density at radius 1 is 1.18 bits per heavy atom. The number of aryl methyl sites for hydroxylation is 1. The summed E-state index contributed by atoms with van der Waals surface area (Å²) in [4.78, 5) is 13.6. The first-order chi connectivity index (χ1) is 16.2. The molecule has 1 unspecified atom stereocenters. The minimum atomic E-state index is 0. The molecule has 3 heterocycles. The van der Waals surface area contributed by atoms with Gasteiger partial charge in [0.25, 0.3) is 0 Å². The first-order valence-corrected chi connectivity index (χ1v) is 11.3. The van der Waals surface area contributed by atoms with Crippen molar-refractivity contribution in [1.82, 2.24) is 30.4 Å². The molecule has 0 aliphatic carbocycles. The van der Waals surface area contributed by atoms with Crippen LogP contribution in [0.5, 0.6) is 5.75 Å². The van der Waals surface area contributed by atoms with E-state index in [9.17, 15) is 0 Å². The molecule has 10 heteroatoms. The molecule has 0 fully saturated rings. The van der Waals surface area contributed by atoms with Gasteiger partial charge in [0.05, 0.1) is 18.8 Å². The van der Waals surface area contributed by atoms with Gasteiger partial charge < -0.3 is 20.1 Å². The van der Waals surface area contributed by atoms with Crippen LogP contribution in [-0.4, -0.2) is 45.4 Å². The van der Waals surface area contributed by atoms with Gasteiger partial charge in [-0.1, -0.05) is 18.2 Å². The van der Waals surface area contributed by atoms with Crippen molar-refractivity contribution in [2.45, 2.75) is 52.1 Å². The van der Waals surface area contributed by atoms with Crippen LogP contribution in [0.4, 0.5) is 0 Å². The van der Waals surface area contributed by atoms with Crippen LogP contribution < -0.4 is 15.4 Å². The number of halogens is 1. The number of aliphatic imine (C=N–C) groups is 1. The molecule has 1 atom stereocenters. The molecule has 4 rings (SSSR count). The fraction of sp³-hybridized carbons (Fsp3) is 0.417. The Hall–Kier alpha value is -2.73. The highest BCUT2D eigenvalue weighted by Crippen LogP contribution is 2.15. The lowest BCUT2D eigenvalue weighted by molar-refractivity contribution is 0.177. The predicted octanol–water partition coefficient (Wildman–Crippen LogP) is 3.09. The van der Waals surface area contributed by atoms with Gasteiger partial charge in [0.2, 0.25) is 0 Å². The summed E-state index contributed by atoms with van der Waals surface area (Å²) < 4.78 is 12.9. The molecule has 0 spiro atoms.